The zero-order valence-corrected chi connectivity index (χ0v) is 20.0. The summed E-state index contributed by atoms with van der Waals surface area (Å²) in [6.45, 7) is 4.20. The summed E-state index contributed by atoms with van der Waals surface area (Å²) in [7, 11) is -4.52. The second-order valence-corrected chi connectivity index (χ2v) is 7.93. The average Bonchev–Trinajstić information content (AvgIpc) is 2.59. The van der Waals surface area contributed by atoms with Crippen LogP contribution in [0.2, 0.25) is 0 Å². The third kappa shape index (κ3) is 6.55. The smallest absolute Gasteiger partial charge is 0.747 e. The number of hydrogen-bond donors (Lipinski definition) is 0. The van der Waals surface area contributed by atoms with E-state index in [2.05, 4.69) is 13.8 Å². The van der Waals surface area contributed by atoms with Crippen LogP contribution < -0.4 is 51.4 Å². The molecule has 2 aromatic carbocycles. The van der Waals surface area contributed by atoms with Gasteiger partial charge in [-0.05, 0) is 47.9 Å². The minimum atomic E-state index is -4.52. The summed E-state index contributed by atoms with van der Waals surface area (Å²) >= 11 is 0. The molecule has 0 aliphatic rings. The van der Waals surface area contributed by atoms with Crippen LogP contribution in [0.25, 0.3) is 0 Å². The predicted octanol–water partition coefficient (Wildman–Crippen LogP) is 2.01. The molecular weight excluding hydrogens is 371 g/mol. The number of benzene rings is 2. The van der Waals surface area contributed by atoms with Crippen molar-refractivity contribution in [3.05, 3.63) is 70.8 Å². The van der Waals surface area contributed by atoms with Gasteiger partial charge in [-0.15, -0.1) is 0 Å². The Morgan fingerprint density at radius 3 is 1.54 bits per heavy atom. The Hall–Kier alpha value is -0.0136. The molecule has 0 bridgehead atoms. The molecule has 0 N–H and O–H groups in total. The van der Waals surface area contributed by atoms with Gasteiger partial charge in [-0.2, -0.15) is 0 Å². The second kappa shape index (κ2) is 11.7. The van der Waals surface area contributed by atoms with Crippen LogP contribution in [-0.2, 0) is 23.0 Å². The van der Waals surface area contributed by atoms with Gasteiger partial charge in [0.1, 0.15) is 10.1 Å². The van der Waals surface area contributed by atoms with Crippen LogP contribution in [0, 0.1) is 0 Å². The van der Waals surface area contributed by atoms with Crippen LogP contribution in [-0.4, -0.2) is 13.0 Å². The normalized spacial score (nSPS) is 11.4. The van der Waals surface area contributed by atoms with Gasteiger partial charge >= 0.3 is 51.4 Å². The fraction of sp³-hybridized carbons (Fsp3) is 0.429. The molecule has 2 rings (SSSR count). The Balaban J connectivity index is 0.00000338. The topological polar surface area (TPSA) is 57.2 Å². The van der Waals surface area contributed by atoms with Crippen LogP contribution in [0.5, 0.6) is 0 Å². The molecule has 0 aromatic heterocycles. The van der Waals surface area contributed by atoms with Crippen molar-refractivity contribution in [1.82, 2.24) is 0 Å². The van der Waals surface area contributed by atoms with E-state index in [1.807, 2.05) is 36.4 Å². The molecule has 0 unspecified atom stereocenters. The van der Waals surface area contributed by atoms with E-state index in [4.69, 9.17) is 0 Å². The SMILES string of the molecule is CCCCc1ccccc1C(c1ccccc1CCCC)S(=O)(=O)[O-].[K+]. The van der Waals surface area contributed by atoms with E-state index in [0.29, 0.717) is 11.1 Å². The zero-order chi connectivity index (χ0) is 18.3. The number of hydrogen-bond acceptors (Lipinski definition) is 3. The molecule has 0 aliphatic heterocycles. The van der Waals surface area contributed by atoms with E-state index in [1.54, 1.807) is 12.1 Å². The van der Waals surface area contributed by atoms with Gasteiger partial charge in [-0.1, -0.05) is 75.2 Å². The van der Waals surface area contributed by atoms with Gasteiger partial charge < -0.3 is 4.55 Å². The van der Waals surface area contributed by atoms with Crippen molar-refractivity contribution in [2.45, 2.75) is 57.6 Å². The Bertz CT molecular complexity index is 736. The molecule has 0 atom stereocenters. The molecule has 3 nitrogen and oxygen atoms in total. The van der Waals surface area contributed by atoms with Gasteiger partial charge in [-0.3, -0.25) is 0 Å². The van der Waals surface area contributed by atoms with Crippen molar-refractivity contribution in [1.29, 1.82) is 0 Å². The van der Waals surface area contributed by atoms with Crippen LogP contribution in [0.15, 0.2) is 48.5 Å². The monoisotopic (exact) mass is 398 g/mol. The molecule has 0 saturated carbocycles. The maximum absolute atomic E-state index is 12.2. The molecule has 5 heteroatoms. The largest absolute Gasteiger partial charge is 1.00 e. The molecule has 0 saturated heterocycles. The van der Waals surface area contributed by atoms with Crippen molar-refractivity contribution in [2.24, 2.45) is 0 Å². The maximum atomic E-state index is 12.2. The van der Waals surface area contributed by atoms with E-state index in [0.717, 1.165) is 49.7 Å². The standard InChI is InChI=1S/C21H28O3S.K/c1-3-5-11-17-13-7-9-15-19(17)21(25(22,23)24)20-16-10-8-14-18(20)12-6-4-2;/h7-10,13-16,21H,3-6,11-12H2,1-2H3,(H,22,23,24);/q;+1/p-1. The van der Waals surface area contributed by atoms with Crippen LogP contribution in [0.3, 0.4) is 0 Å². The molecule has 0 radical (unpaired) electrons. The summed E-state index contributed by atoms with van der Waals surface area (Å²) in [5.41, 5.74) is 3.18. The summed E-state index contributed by atoms with van der Waals surface area (Å²) in [5, 5.41) is -1.13. The first-order valence-electron chi connectivity index (χ1n) is 9.09. The Morgan fingerprint density at radius 1 is 0.808 bits per heavy atom. The fourth-order valence-electron chi connectivity index (χ4n) is 3.25. The molecule has 0 aliphatic carbocycles. The van der Waals surface area contributed by atoms with Gasteiger partial charge in [0.2, 0.25) is 0 Å². The number of unbranched alkanes of at least 4 members (excludes halogenated alkanes) is 2. The number of aryl methyl sites for hydroxylation is 2. The Labute approximate surface area is 200 Å². The summed E-state index contributed by atoms with van der Waals surface area (Å²) in [6, 6.07) is 14.9. The first-order chi connectivity index (χ1) is 12.0. The van der Waals surface area contributed by atoms with E-state index >= 15 is 0 Å². The van der Waals surface area contributed by atoms with Crippen molar-refractivity contribution in [3.63, 3.8) is 0 Å². The summed E-state index contributed by atoms with van der Waals surface area (Å²) in [4.78, 5) is 0. The average molecular weight is 399 g/mol. The van der Waals surface area contributed by atoms with Crippen molar-refractivity contribution in [3.8, 4) is 0 Å². The van der Waals surface area contributed by atoms with E-state index < -0.39 is 15.4 Å². The zero-order valence-electron chi connectivity index (χ0n) is 16.1. The van der Waals surface area contributed by atoms with E-state index in [1.165, 1.54) is 0 Å². The Morgan fingerprint density at radius 2 is 1.19 bits per heavy atom. The molecule has 0 fully saturated rings. The van der Waals surface area contributed by atoms with E-state index in [-0.39, 0.29) is 51.4 Å². The molecule has 0 heterocycles. The van der Waals surface area contributed by atoms with Crippen molar-refractivity contribution >= 4 is 10.1 Å². The van der Waals surface area contributed by atoms with E-state index in [9.17, 15) is 13.0 Å². The second-order valence-electron chi connectivity index (χ2n) is 6.48. The van der Waals surface area contributed by atoms with Crippen LogP contribution in [0.1, 0.15) is 67.0 Å². The molecule has 2 aromatic rings. The van der Waals surface area contributed by atoms with Gasteiger partial charge in [0, 0.05) is 0 Å². The van der Waals surface area contributed by atoms with Crippen molar-refractivity contribution < 1.29 is 64.4 Å². The first kappa shape index (κ1) is 24.0. The van der Waals surface area contributed by atoms with Gasteiger partial charge in [0.15, 0.2) is 0 Å². The van der Waals surface area contributed by atoms with Crippen LogP contribution >= 0.6 is 0 Å². The maximum Gasteiger partial charge on any atom is 1.00 e. The summed E-state index contributed by atoms with van der Waals surface area (Å²) in [5.74, 6) is 0. The van der Waals surface area contributed by atoms with Crippen LogP contribution in [0.4, 0.5) is 0 Å². The van der Waals surface area contributed by atoms with Crippen molar-refractivity contribution in [2.75, 3.05) is 0 Å². The molecule has 136 valence electrons. The quantitative estimate of drug-likeness (QED) is 0.480. The Kier molecular flexibility index (Phi) is 10.9. The third-order valence-electron chi connectivity index (χ3n) is 4.56. The third-order valence-corrected chi connectivity index (χ3v) is 5.65. The summed E-state index contributed by atoms with van der Waals surface area (Å²) in [6.07, 6.45) is 5.57. The molecule has 26 heavy (non-hydrogen) atoms. The van der Waals surface area contributed by atoms with Gasteiger partial charge in [-0.25, -0.2) is 8.42 Å². The minimum Gasteiger partial charge on any atom is -0.747 e. The fourth-order valence-corrected chi connectivity index (χ4v) is 4.33. The molecule has 0 spiro atoms. The molecule has 0 amide bonds. The predicted molar refractivity (Wildman–Crippen MR) is 102 cm³/mol. The number of rotatable bonds is 9. The van der Waals surface area contributed by atoms with Gasteiger partial charge in [0.05, 0.1) is 5.25 Å². The minimum absolute atomic E-state index is 0. The first-order valence-corrected chi connectivity index (χ1v) is 10.6. The van der Waals surface area contributed by atoms with Gasteiger partial charge in [0.25, 0.3) is 0 Å². The summed E-state index contributed by atoms with van der Waals surface area (Å²) < 4.78 is 36.7. The molecular formula is C21H27KO3S.